The van der Waals surface area contributed by atoms with Crippen LogP contribution in [0.15, 0.2) is 48.2 Å². The predicted octanol–water partition coefficient (Wildman–Crippen LogP) is 2.39. The van der Waals surface area contributed by atoms with E-state index in [4.69, 9.17) is 5.73 Å². The van der Waals surface area contributed by atoms with Gasteiger partial charge in [-0.15, -0.1) is 0 Å². The van der Waals surface area contributed by atoms with Crippen molar-refractivity contribution in [3.63, 3.8) is 0 Å². The molecule has 1 heterocycles. The van der Waals surface area contributed by atoms with Crippen LogP contribution in [-0.2, 0) is 0 Å². The van der Waals surface area contributed by atoms with Crippen molar-refractivity contribution in [2.24, 2.45) is 5.73 Å². The van der Waals surface area contributed by atoms with Crippen molar-refractivity contribution in [3.05, 3.63) is 53.8 Å². The summed E-state index contributed by atoms with van der Waals surface area (Å²) in [6.07, 6.45) is 6.43. The lowest BCUT2D eigenvalue weighted by atomic mass is 9.90. The first-order valence-corrected chi connectivity index (χ1v) is 5.82. The predicted molar refractivity (Wildman–Crippen MR) is 67.4 cm³/mol. The van der Waals surface area contributed by atoms with Crippen molar-refractivity contribution in [2.45, 2.75) is 18.9 Å². The zero-order valence-corrected chi connectivity index (χ0v) is 9.43. The highest BCUT2D eigenvalue weighted by molar-refractivity contribution is 5.65. The quantitative estimate of drug-likeness (QED) is 0.774. The summed E-state index contributed by atoms with van der Waals surface area (Å²) in [6.45, 7) is 3.24. The van der Waals surface area contributed by atoms with E-state index in [0.717, 1.165) is 12.2 Å². The number of hydrogen-bond donors (Lipinski definition) is 1. The Balaban J connectivity index is 2.13. The minimum absolute atomic E-state index is 0.432. The third-order valence-electron chi connectivity index (χ3n) is 3.53. The summed E-state index contributed by atoms with van der Waals surface area (Å²) in [5.74, 6) is 0.432. The average molecular weight is 212 g/mol. The largest absolute Gasteiger partial charge is 0.399 e. The standard InChI is InChI=1S/C14H16N2/c1-2-16-13-6-4-3-5-11(13)12-9-10(15)7-8-14(12)16/h3-9,12,14H,2,15H2,1H3. The normalized spacial score (nSPS) is 26.3. The monoisotopic (exact) mass is 212 g/mol. The van der Waals surface area contributed by atoms with Crippen LogP contribution in [-0.4, -0.2) is 12.6 Å². The molecule has 2 nitrogen and oxygen atoms in total. The van der Waals surface area contributed by atoms with Crippen molar-refractivity contribution in [1.29, 1.82) is 0 Å². The highest BCUT2D eigenvalue weighted by Gasteiger charge is 2.35. The van der Waals surface area contributed by atoms with Crippen molar-refractivity contribution >= 4 is 5.69 Å². The molecule has 82 valence electrons. The Labute approximate surface area is 96.1 Å². The van der Waals surface area contributed by atoms with E-state index in [0.29, 0.717) is 12.0 Å². The average Bonchev–Trinajstić information content (AvgIpc) is 2.62. The molecule has 0 fully saturated rings. The molecule has 1 aromatic carbocycles. The molecule has 1 aliphatic heterocycles. The molecule has 2 aliphatic rings. The Bertz CT molecular complexity index is 473. The summed E-state index contributed by atoms with van der Waals surface area (Å²) in [5.41, 5.74) is 9.54. The van der Waals surface area contributed by atoms with E-state index in [2.05, 4.69) is 48.2 Å². The zero-order chi connectivity index (χ0) is 11.1. The second kappa shape index (κ2) is 3.41. The van der Waals surface area contributed by atoms with Gasteiger partial charge in [0.2, 0.25) is 0 Å². The molecule has 0 radical (unpaired) electrons. The van der Waals surface area contributed by atoms with Gasteiger partial charge in [0.15, 0.2) is 0 Å². The Hall–Kier alpha value is -1.70. The third kappa shape index (κ3) is 1.19. The van der Waals surface area contributed by atoms with Crippen LogP contribution in [0.5, 0.6) is 0 Å². The van der Waals surface area contributed by atoms with E-state index in [1.807, 2.05) is 6.08 Å². The van der Waals surface area contributed by atoms with Gasteiger partial charge in [0, 0.05) is 23.8 Å². The van der Waals surface area contributed by atoms with E-state index >= 15 is 0 Å². The molecule has 0 amide bonds. The van der Waals surface area contributed by atoms with Crippen LogP contribution >= 0.6 is 0 Å². The molecule has 1 aliphatic carbocycles. The Kier molecular flexibility index (Phi) is 2.03. The van der Waals surface area contributed by atoms with Crippen LogP contribution in [0.3, 0.4) is 0 Å². The minimum atomic E-state index is 0.432. The third-order valence-corrected chi connectivity index (χ3v) is 3.53. The lowest BCUT2D eigenvalue weighted by molar-refractivity contribution is 0.683. The molecule has 1 aromatic rings. The number of fused-ring (bicyclic) bond motifs is 3. The molecular formula is C14H16N2. The summed E-state index contributed by atoms with van der Waals surface area (Å²) in [7, 11) is 0. The first kappa shape index (κ1) is 9.52. The topological polar surface area (TPSA) is 29.3 Å². The maximum absolute atomic E-state index is 5.89. The Morgan fingerprint density at radius 1 is 1.31 bits per heavy atom. The van der Waals surface area contributed by atoms with Gasteiger partial charge in [-0.1, -0.05) is 30.4 Å². The van der Waals surface area contributed by atoms with E-state index in [1.165, 1.54) is 11.3 Å². The SMILES string of the molecule is CCN1c2ccccc2C2C=C(N)C=CC21. The second-order valence-corrected chi connectivity index (χ2v) is 4.39. The number of benzene rings is 1. The van der Waals surface area contributed by atoms with Crippen LogP contribution in [0, 0.1) is 0 Å². The molecule has 2 atom stereocenters. The van der Waals surface area contributed by atoms with Gasteiger partial charge in [-0.25, -0.2) is 0 Å². The molecule has 0 aromatic heterocycles. The van der Waals surface area contributed by atoms with Crippen LogP contribution in [0.4, 0.5) is 5.69 Å². The summed E-state index contributed by atoms with van der Waals surface area (Å²) in [4.78, 5) is 2.44. The van der Waals surface area contributed by atoms with Crippen molar-refractivity contribution in [3.8, 4) is 0 Å². The van der Waals surface area contributed by atoms with Gasteiger partial charge in [0.25, 0.3) is 0 Å². The number of nitrogens with two attached hydrogens (primary N) is 1. The van der Waals surface area contributed by atoms with E-state index in [-0.39, 0.29) is 0 Å². The maximum atomic E-state index is 5.89. The number of likely N-dealkylation sites (N-methyl/N-ethyl adjacent to an activating group) is 1. The molecule has 16 heavy (non-hydrogen) atoms. The van der Waals surface area contributed by atoms with Crippen molar-refractivity contribution in [1.82, 2.24) is 0 Å². The number of hydrogen-bond acceptors (Lipinski definition) is 2. The molecule has 2 N–H and O–H groups in total. The molecule has 2 heteroatoms. The van der Waals surface area contributed by atoms with Gasteiger partial charge in [0.05, 0.1) is 6.04 Å². The summed E-state index contributed by atoms with van der Waals surface area (Å²) in [6, 6.07) is 9.09. The van der Waals surface area contributed by atoms with Crippen LogP contribution in [0.1, 0.15) is 18.4 Å². The molecule has 2 unspecified atom stereocenters. The number of para-hydroxylation sites is 1. The second-order valence-electron chi connectivity index (χ2n) is 4.39. The fourth-order valence-electron chi connectivity index (χ4n) is 2.84. The van der Waals surface area contributed by atoms with Crippen molar-refractivity contribution in [2.75, 3.05) is 11.4 Å². The summed E-state index contributed by atoms with van der Waals surface area (Å²) >= 11 is 0. The Morgan fingerprint density at radius 3 is 2.94 bits per heavy atom. The molecular weight excluding hydrogens is 196 g/mol. The summed E-state index contributed by atoms with van der Waals surface area (Å²) in [5, 5.41) is 0. The van der Waals surface area contributed by atoms with E-state index in [9.17, 15) is 0 Å². The fraction of sp³-hybridized carbons (Fsp3) is 0.286. The van der Waals surface area contributed by atoms with Gasteiger partial charge in [-0.05, 0) is 24.6 Å². The molecule has 0 spiro atoms. The fourth-order valence-corrected chi connectivity index (χ4v) is 2.84. The minimum Gasteiger partial charge on any atom is -0.399 e. The van der Waals surface area contributed by atoms with Gasteiger partial charge in [-0.3, -0.25) is 0 Å². The van der Waals surface area contributed by atoms with Crippen LogP contribution in [0.25, 0.3) is 0 Å². The lowest BCUT2D eigenvalue weighted by Gasteiger charge is -2.27. The number of rotatable bonds is 1. The smallest absolute Gasteiger partial charge is 0.0581 e. The summed E-state index contributed by atoms with van der Waals surface area (Å²) < 4.78 is 0. The highest BCUT2D eigenvalue weighted by Crippen LogP contribution is 2.43. The van der Waals surface area contributed by atoms with E-state index < -0.39 is 0 Å². The number of allylic oxidation sites excluding steroid dienone is 1. The van der Waals surface area contributed by atoms with Crippen LogP contribution in [0.2, 0.25) is 0 Å². The van der Waals surface area contributed by atoms with Gasteiger partial charge >= 0.3 is 0 Å². The lowest BCUT2D eigenvalue weighted by Crippen LogP contribution is -2.33. The molecule has 0 bridgehead atoms. The highest BCUT2D eigenvalue weighted by atomic mass is 15.2. The Morgan fingerprint density at radius 2 is 2.12 bits per heavy atom. The van der Waals surface area contributed by atoms with Crippen molar-refractivity contribution < 1.29 is 0 Å². The first-order chi connectivity index (χ1) is 7.81. The molecule has 0 saturated heterocycles. The van der Waals surface area contributed by atoms with Crippen LogP contribution < -0.4 is 10.6 Å². The zero-order valence-electron chi connectivity index (χ0n) is 9.43. The number of nitrogens with zero attached hydrogens (tertiary/aromatic N) is 1. The number of anilines is 1. The van der Waals surface area contributed by atoms with Gasteiger partial charge in [-0.2, -0.15) is 0 Å². The molecule has 3 rings (SSSR count). The van der Waals surface area contributed by atoms with E-state index in [1.54, 1.807) is 0 Å². The van der Waals surface area contributed by atoms with Gasteiger partial charge < -0.3 is 10.6 Å². The maximum Gasteiger partial charge on any atom is 0.0581 e. The van der Waals surface area contributed by atoms with Gasteiger partial charge in [0.1, 0.15) is 0 Å². The first-order valence-electron chi connectivity index (χ1n) is 5.82. The molecule has 0 saturated carbocycles.